The highest BCUT2D eigenvalue weighted by Crippen LogP contribution is 2.11. The molecule has 2 aromatic heterocycles. The number of aromatic nitrogens is 2. The van der Waals surface area contributed by atoms with E-state index in [2.05, 4.69) is 4.98 Å². The zero-order valence-electron chi connectivity index (χ0n) is 9.66. The topological polar surface area (TPSA) is 113 Å². The van der Waals surface area contributed by atoms with Crippen LogP contribution in [0.3, 0.4) is 0 Å². The Hall–Kier alpha value is -2.41. The van der Waals surface area contributed by atoms with Crippen molar-refractivity contribution in [2.75, 3.05) is 7.11 Å². The highest BCUT2D eigenvalue weighted by molar-refractivity contribution is 5.80. The van der Waals surface area contributed by atoms with E-state index in [4.69, 9.17) is 16.2 Å². The molecule has 2 aromatic rings. The van der Waals surface area contributed by atoms with E-state index in [1.807, 2.05) is 0 Å². The fraction of sp³-hybridized carbons (Fsp3) is 0.182. The molecule has 0 spiro atoms. The number of carbonyl (C=O) groups excluding carboxylic acids is 1. The molecule has 7 heteroatoms. The van der Waals surface area contributed by atoms with E-state index >= 15 is 0 Å². The van der Waals surface area contributed by atoms with Crippen LogP contribution in [0.15, 0.2) is 29.2 Å². The summed E-state index contributed by atoms with van der Waals surface area (Å²) in [7, 11) is 1.50. The molecule has 0 bridgehead atoms. The monoisotopic (exact) mass is 248 g/mol. The zero-order valence-corrected chi connectivity index (χ0v) is 9.66. The number of nitrogens with two attached hydrogens (primary N) is 2. The summed E-state index contributed by atoms with van der Waals surface area (Å²) in [4.78, 5) is 26.9. The van der Waals surface area contributed by atoms with Crippen LogP contribution in [0, 0.1) is 0 Å². The van der Waals surface area contributed by atoms with Crippen molar-refractivity contribution in [2.45, 2.75) is 6.04 Å². The van der Waals surface area contributed by atoms with Crippen molar-refractivity contribution in [3.05, 3.63) is 40.4 Å². The highest BCUT2D eigenvalue weighted by atomic mass is 16.5. The smallest absolute Gasteiger partial charge is 0.258 e. The van der Waals surface area contributed by atoms with Crippen molar-refractivity contribution < 1.29 is 9.53 Å². The second-order valence-electron chi connectivity index (χ2n) is 3.70. The molecule has 18 heavy (non-hydrogen) atoms. The van der Waals surface area contributed by atoms with Gasteiger partial charge in [0.15, 0.2) is 0 Å². The predicted octanol–water partition coefficient (Wildman–Crippen LogP) is -0.812. The minimum Gasteiger partial charge on any atom is -0.495 e. The Labute approximate surface area is 102 Å². The van der Waals surface area contributed by atoms with Gasteiger partial charge in [0.1, 0.15) is 17.4 Å². The summed E-state index contributed by atoms with van der Waals surface area (Å²) >= 11 is 0. The highest BCUT2D eigenvalue weighted by Gasteiger charge is 2.15. The van der Waals surface area contributed by atoms with Gasteiger partial charge in [0, 0.05) is 6.07 Å². The standard InChI is InChI=1S/C11H12N4O3/c1-18-6-2-3-8-14-7(10(12)11(13)17)4-9(16)15(8)5-6/h2-5,10H,12H2,1H3,(H2,13,17). The number of carbonyl (C=O) groups is 1. The van der Waals surface area contributed by atoms with Gasteiger partial charge in [0.25, 0.3) is 5.56 Å². The van der Waals surface area contributed by atoms with Gasteiger partial charge in [-0.05, 0) is 12.1 Å². The predicted molar refractivity (Wildman–Crippen MR) is 64.1 cm³/mol. The lowest BCUT2D eigenvalue weighted by molar-refractivity contribution is -0.119. The molecule has 0 saturated carbocycles. The van der Waals surface area contributed by atoms with Gasteiger partial charge in [0.2, 0.25) is 5.91 Å². The Kier molecular flexibility index (Phi) is 2.99. The molecule has 0 aliphatic carbocycles. The van der Waals surface area contributed by atoms with Crippen LogP contribution in [0.4, 0.5) is 0 Å². The van der Waals surface area contributed by atoms with Crippen LogP contribution in [0.1, 0.15) is 11.7 Å². The Morgan fingerprint density at radius 1 is 1.50 bits per heavy atom. The SMILES string of the molecule is COc1ccc2nc(C(N)C(N)=O)cc(=O)n2c1. The van der Waals surface area contributed by atoms with Gasteiger partial charge in [-0.2, -0.15) is 0 Å². The fourth-order valence-corrected chi connectivity index (χ4v) is 1.53. The van der Waals surface area contributed by atoms with Gasteiger partial charge in [-0.1, -0.05) is 0 Å². The maximum absolute atomic E-state index is 11.9. The summed E-state index contributed by atoms with van der Waals surface area (Å²) in [5.41, 5.74) is 10.8. The molecule has 94 valence electrons. The normalized spacial score (nSPS) is 12.3. The second-order valence-corrected chi connectivity index (χ2v) is 3.70. The van der Waals surface area contributed by atoms with Crippen LogP contribution in [-0.2, 0) is 4.79 Å². The van der Waals surface area contributed by atoms with Crippen LogP contribution in [0.2, 0.25) is 0 Å². The third kappa shape index (κ3) is 2.03. The molecule has 0 aliphatic rings. The van der Waals surface area contributed by atoms with Crippen molar-refractivity contribution in [2.24, 2.45) is 11.5 Å². The van der Waals surface area contributed by atoms with E-state index in [1.165, 1.54) is 23.8 Å². The lowest BCUT2D eigenvalue weighted by atomic mass is 10.2. The molecule has 7 nitrogen and oxygen atoms in total. The van der Waals surface area contributed by atoms with E-state index in [1.54, 1.807) is 12.1 Å². The first kappa shape index (κ1) is 12.1. The fourth-order valence-electron chi connectivity index (χ4n) is 1.53. The summed E-state index contributed by atoms with van der Waals surface area (Å²) < 4.78 is 6.31. The minimum absolute atomic E-state index is 0.151. The maximum atomic E-state index is 11.9. The van der Waals surface area contributed by atoms with E-state index in [0.717, 1.165) is 0 Å². The molecule has 0 saturated heterocycles. The second kappa shape index (κ2) is 4.46. The molecular formula is C11H12N4O3. The number of rotatable bonds is 3. The summed E-state index contributed by atoms with van der Waals surface area (Å²) in [5.74, 6) is -0.210. The van der Waals surface area contributed by atoms with Crippen molar-refractivity contribution in [1.29, 1.82) is 0 Å². The third-order valence-corrected chi connectivity index (χ3v) is 2.51. The molecule has 2 rings (SSSR count). The summed E-state index contributed by atoms with van der Waals surface area (Å²) in [6.45, 7) is 0. The van der Waals surface area contributed by atoms with Gasteiger partial charge in [-0.15, -0.1) is 0 Å². The molecule has 1 amide bonds. The largest absolute Gasteiger partial charge is 0.495 e. The lowest BCUT2D eigenvalue weighted by Crippen LogP contribution is -2.30. The Balaban J connectivity index is 2.64. The number of hydrogen-bond donors (Lipinski definition) is 2. The van der Waals surface area contributed by atoms with Crippen molar-refractivity contribution in [1.82, 2.24) is 9.38 Å². The van der Waals surface area contributed by atoms with Gasteiger partial charge < -0.3 is 16.2 Å². The third-order valence-electron chi connectivity index (χ3n) is 2.51. The number of nitrogens with zero attached hydrogens (tertiary/aromatic N) is 2. The molecule has 0 aromatic carbocycles. The number of amides is 1. The Morgan fingerprint density at radius 3 is 2.83 bits per heavy atom. The minimum atomic E-state index is -1.09. The Bertz CT molecular complexity index is 665. The quantitative estimate of drug-likeness (QED) is 0.737. The first-order valence-corrected chi connectivity index (χ1v) is 5.15. The van der Waals surface area contributed by atoms with Gasteiger partial charge >= 0.3 is 0 Å². The van der Waals surface area contributed by atoms with Crippen LogP contribution in [0.5, 0.6) is 5.75 Å². The molecule has 1 unspecified atom stereocenters. The van der Waals surface area contributed by atoms with Gasteiger partial charge in [0.05, 0.1) is 19.0 Å². The van der Waals surface area contributed by atoms with Gasteiger partial charge in [-0.25, -0.2) is 4.98 Å². The van der Waals surface area contributed by atoms with Crippen LogP contribution >= 0.6 is 0 Å². The van der Waals surface area contributed by atoms with Crippen molar-refractivity contribution in [3.63, 3.8) is 0 Å². The molecule has 0 aliphatic heterocycles. The van der Waals surface area contributed by atoms with Crippen LogP contribution < -0.4 is 21.8 Å². The Morgan fingerprint density at radius 2 is 2.22 bits per heavy atom. The first-order valence-electron chi connectivity index (χ1n) is 5.15. The summed E-state index contributed by atoms with van der Waals surface area (Å²) in [6.07, 6.45) is 1.50. The average Bonchev–Trinajstić information content (AvgIpc) is 2.37. The van der Waals surface area contributed by atoms with E-state index in [-0.39, 0.29) is 11.3 Å². The molecule has 0 radical (unpaired) electrons. The lowest BCUT2D eigenvalue weighted by Gasteiger charge is -2.09. The first-order chi connectivity index (χ1) is 8.52. The molecule has 4 N–H and O–H groups in total. The molecular weight excluding hydrogens is 236 g/mol. The number of primary amides is 1. The average molecular weight is 248 g/mol. The molecule has 0 fully saturated rings. The van der Waals surface area contributed by atoms with Crippen molar-refractivity contribution >= 4 is 11.6 Å². The molecule has 2 heterocycles. The van der Waals surface area contributed by atoms with Crippen molar-refractivity contribution in [3.8, 4) is 5.75 Å². The molecule has 1 atom stereocenters. The number of ether oxygens (including phenoxy) is 1. The van der Waals surface area contributed by atoms with Gasteiger partial charge in [-0.3, -0.25) is 14.0 Å². The summed E-state index contributed by atoms with van der Waals surface area (Å²) in [6, 6.07) is 3.34. The summed E-state index contributed by atoms with van der Waals surface area (Å²) in [5, 5.41) is 0. The van der Waals surface area contributed by atoms with Crippen LogP contribution in [0.25, 0.3) is 5.65 Å². The zero-order chi connectivity index (χ0) is 13.3. The number of methoxy groups -OCH3 is 1. The number of pyridine rings is 1. The maximum Gasteiger partial charge on any atom is 0.258 e. The number of fused-ring (bicyclic) bond motifs is 1. The van der Waals surface area contributed by atoms with E-state index in [9.17, 15) is 9.59 Å². The van der Waals surface area contributed by atoms with E-state index < -0.39 is 11.9 Å². The van der Waals surface area contributed by atoms with Crippen LogP contribution in [-0.4, -0.2) is 22.4 Å². The van der Waals surface area contributed by atoms with E-state index in [0.29, 0.717) is 11.4 Å². The number of hydrogen-bond acceptors (Lipinski definition) is 5.